The van der Waals surface area contributed by atoms with Gasteiger partial charge in [0.2, 0.25) is 5.69 Å². The number of furan rings is 1. The van der Waals surface area contributed by atoms with E-state index in [9.17, 15) is 0 Å². The Morgan fingerprint density at radius 3 is 2.20 bits per heavy atom. The van der Waals surface area contributed by atoms with Crippen molar-refractivity contribution in [1.82, 2.24) is 0 Å². The lowest BCUT2D eigenvalue weighted by atomic mass is 9.95. The van der Waals surface area contributed by atoms with Crippen molar-refractivity contribution in [3.05, 3.63) is 114 Å². The van der Waals surface area contributed by atoms with Crippen LogP contribution >= 0.6 is 0 Å². The van der Waals surface area contributed by atoms with Gasteiger partial charge in [0.25, 0.3) is 0 Å². The van der Waals surface area contributed by atoms with Crippen molar-refractivity contribution >= 4 is 21.9 Å². The van der Waals surface area contributed by atoms with Gasteiger partial charge in [0.05, 0.1) is 11.1 Å². The van der Waals surface area contributed by atoms with Crippen LogP contribution in [0.4, 0.5) is 4.39 Å². The summed E-state index contributed by atoms with van der Waals surface area (Å²) in [6.07, 6.45) is 2.03. The molecule has 35 heavy (non-hydrogen) atoms. The minimum Gasteiger partial charge on any atom is -0.454 e. The Bertz CT molecular complexity index is 1730. The lowest BCUT2D eigenvalue weighted by Crippen LogP contribution is -2.30. The third-order valence-electron chi connectivity index (χ3n) is 6.83. The maximum Gasteiger partial charge on any atom is 0.216 e. The molecule has 0 spiro atoms. The highest BCUT2D eigenvalue weighted by molar-refractivity contribution is 6.14. The van der Waals surface area contributed by atoms with Gasteiger partial charge >= 0.3 is 0 Å². The van der Waals surface area contributed by atoms with Gasteiger partial charge in [-0.15, -0.1) is 0 Å². The summed E-state index contributed by atoms with van der Waals surface area (Å²) in [5, 5.41) is 1.96. The molecule has 2 nitrogen and oxygen atoms in total. The maximum absolute atomic E-state index is 15.5. The summed E-state index contributed by atoms with van der Waals surface area (Å²) >= 11 is 0. The van der Waals surface area contributed by atoms with Crippen LogP contribution in [0.5, 0.6) is 0 Å². The van der Waals surface area contributed by atoms with Gasteiger partial charge in [-0.3, -0.25) is 0 Å². The smallest absolute Gasteiger partial charge is 0.216 e. The molecule has 0 unspecified atom stereocenters. The molecule has 0 bridgehead atoms. The van der Waals surface area contributed by atoms with E-state index in [1.54, 1.807) is 6.07 Å². The van der Waals surface area contributed by atoms with Crippen LogP contribution in [-0.4, -0.2) is 0 Å². The third kappa shape index (κ3) is 3.43. The van der Waals surface area contributed by atoms with Crippen LogP contribution in [0.3, 0.4) is 0 Å². The third-order valence-corrected chi connectivity index (χ3v) is 6.83. The Kier molecular flexibility index (Phi) is 5.00. The molecule has 6 aromatic rings. The van der Waals surface area contributed by atoms with Crippen molar-refractivity contribution < 1.29 is 13.4 Å². The lowest BCUT2D eigenvalue weighted by molar-refractivity contribution is -0.660. The fourth-order valence-corrected chi connectivity index (χ4v) is 5.21. The normalized spacial score (nSPS) is 11.4. The number of pyridine rings is 1. The van der Waals surface area contributed by atoms with Crippen molar-refractivity contribution in [3.8, 4) is 33.5 Å². The average Bonchev–Trinajstić information content (AvgIpc) is 3.25. The highest BCUT2D eigenvalue weighted by Crippen LogP contribution is 2.43. The molecule has 0 N–H and O–H groups in total. The SMILES string of the molecule is Cc1cc(C)c2c(oc3c(-c4cccc(-c5ccccc5)c4)c(F)ccc32)c1-c1cccc[n+]1C. The molecule has 3 heteroatoms. The van der Waals surface area contributed by atoms with E-state index >= 15 is 4.39 Å². The lowest BCUT2D eigenvalue weighted by Gasteiger charge is -2.08. The minimum atomic E-state index is -0.289. The fourth-order valence-electron chi connectivity index (χ4n) is 5.21. The summed E-state index contributed by atoms with van der Waals surface area (Å²) in [6.45, 7) is 4.20. The number of nitrogens with zero attached hydrogens (tertiary/aromatic N) is 1. The number of aromatic nitrogens is 1. The van der Waals surface area contributed by atoms with E-state index in [1.165, 1.54) is 0 Å². The Morgan fingerprint density at radius 2 is 1.40 bits per heavy atom. The van der Waals surface area contributed by atoms with E-state index in [-0.39, 0.29) is 5.82 Å². The van der Waals surface area contributed by atoms with Crippen LogP contribution in [0.2, 0.25) is 0 Å². The summed E-state index contributed by atoms with van der Waals surface area (Å²) < 4.78 is 24.2. The van der Waals surface area contributed by atoms with Crippen LogP contribution in [0.15, 0.2) is 102 Å². The molecule has 0 aliphatic rings. The number of hydrogen-bond acceptors (Lipinski definition) is 1. The first-order valence-corrected chi connectivity index (χ1v) is 11.8. The summed E-state index contributed by atoms with van der Waals surface area (Å²) in [4.78, 5) is 0. The van der Waals surface area contributed by atoms with Crippen LogP contribution in [-0.2, 0) is 7.05 Å². The van der Waals surface area contributed by atoms with Gasteiger partial charge in [-0.2, -0.15) is 0 Å². The first kappa shape index (κ1) is 21.3. The second-order valence-electron chi connectivity index (χ2n) is 9.13. The average molecular weight is 459 g/mol. The van der Waals surface area contributed by atoms with Crippen LogP contribution in [0, 0.1) is 19.7 Å². The zero-order valence-corrected chi connectivity index (χ0v) is 20.0. The second-order valence-corrected chi connectivity index (χ2v) is 9.13. The Labute approximate surface area is 203 Å². The molecule has 2 heterocycles. The number of hydrogen-bond donors (Lipinski definition) is 0. The summed E-state index contributed by atoms with van der Waals surface area (Å²) in [6, 6.07) is 29.9. The van der Waals surface area contributed by atoms with Crippen LogP contribution < -0.4 is 4.57 Å². The van der Waals surface area contributed by atoms with Crippen LogP contribution in [0.1, 0.15) is 11.1 Å². The molecule has 0 saturated heterocycles. The minimum absolute atomic E-state index is 0.289. The van der Waals surface area contributed by atoms with E-state index < -0.39 is 0 Å². The van der Waals surface area contributed by atoms with E-state index in [0.717, 1.165) is 55.4 Å². The van der Waals surface area contributed by atoms with Gasteiger partial charge < -0.3 is 4.42 Å². The molecule has 6 rings (SSSR count). The number of fused-ring (bicyclic) bond motifs is 3. The van der Waals surface area contributed by atoms with Crippen LogP contribution in [0.25, 0.3) is 55.4 Å². The number of benzene rings is 4. The summed E-state index contributed by atoms with van der Waals surface area (Å²) in [5.41, 5.74) is 9.15. The van der Waals surface area contributed by atoms with Gasteiger partial charge in [-0.1, -0.05) is 54.6 Å². The van der Waals surface area contributed by atoms with E-state index in [4.69, 9.17) is 4.42 Å². The molecular weight excluding hydrogens is 433 g/mol. The molecular formula is C32H25FNO+. The molecule has 0 fully saturated rings. The molecule has 0 aliphatic carbocycles. The van der Waals surface area contributed by atoms with E-state index in [2.05, 4.69) is 48.7 Å². The van der Waals surface area contributed by atoms with Crippen molar-refractivity contribution in [2.45, 2.75) is 13.8 Å². The Balaban J connectivity index is 1.67. The fraction of sp³-hybridized carbons (Fsp3) is 0.0938. The van der Waals surface area contributed by atoms with Gasteiger partial charge in [-0.25, -0.2) is 8.96 Å². The molecule has 2 aromatic heterocycles. The van der Waals surface area contributed by atoms with Gasteiger partial charge in [-0.05, 0) is 65.9 Å². The second kappa shape index (κ2) is 8.21. The zero-order chi connectivity index (χ0) is 24.1. The maximum atomic E-state index is 15.5. The largest absolute Gasteiger partial charge is 0.454 e. The topological polar surface area (TPSA) is 17.0 Å². The predicted octanol–water partition coefficient (Wildman–Crippen LogP) is 8.17. The van der Waals surface area contributed by atoms with Crippen molar-refractivity contribution in [1.29, 1.82) is 0 Å². The molecule has 0 amide bonds. The monoisotopic (exact) mass is 458 g/mol. The Hall–Kier alpha value is -4.24. The standard InChI is InChI=1S/C32H25FNO/c1-20-18-21(2)29(27-14-7-8-17-34(27)3)32-28(20)25-15-16-26(33)30(31(25)35-32)24-13-9-12-23(19-24)22-10-5-4-6-11-22/h4-19H,1-3H3/q+1. The first-order chi connectivity index (χ1) is 17.0. The highest BCUT2D eigenvalue weighted by Gasteiger charge is 2.24. The molecule has 0 saturated carbocycles. The number of rotatable bonds is 3. The van der Waals surface area contributed by atoms with Crippen molar-refractivity contribution in [3.63, 3.8) is 0 Å². The summed E-state index contributed by atoms with van der Waals surface area (Å²) in [5.74, 6) is -0.289. The van der Waals surface area contributed by atoms with Gasteiger partial charge in [0.1, 0.15) is 24.0 Å². The molecule has 4 aromatic carbocycles. The zero-order valence-electron chi connectivity index (χ0n) is 20.0. The van der Waals surface area contributed by atoms with E-state index in [0.29, 0.717) is 11.1 Å². The van der Waals surface area contributed by atoms with Gasteiger partial charge in [0, 0.05) is 22.9 Å². The quantitative estimate of drug-likeness (QED) is 0.244. The Morgan fingerprint density at radius 1 is 0.657 bits per heavy atom. The van der Waals surface area contributed by atoms with E-state index in [1.807, 2.05) is 67.8 Å². The molecule has 170 valence electrons. The van der Waals surface area contributed by atoms with Crippen molar-refractivity contribution in [2.75, 3.05) is 0 Å². The predicted molar refractivity (Wildman–Crippen MR) is 141 cm³/mol. The van der Waals surface area contributed by atoms with Gasteiger partial charge in [0.15, 0.2) is 6.20 Å². The number of aryl methyl sites for hydroxylation is 3. The first-order valence-electron chi connectivity index (χ1n) is 11.8. The molecule has 0 radical (unpaired) electrons. The highest BCUT2D eigenvalue weighted by atomic mass is 19.1. The molecule has 0 aliphatic heterocycles. The molecule has 0 atom stereocenters. The van der Waals surface area contributed by atoms with Crippen molar-refractivity contribution in [2.24, 2.45) is 7.05 Å². The summed E-state index contributed by atoms with van der Waals surface area (Å²) in [7, 11) is 2.03. The number of halogens is 1.